The molecule has 0 bridgehead atoms. The van der Waals surface area contributed by atoms with Crippen molar-refractivity contribution in [2.24, 2.45) is 5.92 Å². The number of hydrogen-bond donors (Lipinski definition) is 2. The fourth-order valence-corrected chi connectivity index (χ4v) is 3.68. The summed E-state index contributed by atoms with van der Waals surface area (Å²) in [5.74, 6) is -0.343. The van der Waals surface area contributed by atoms with Crippen molar-refractivity contribution in [2.45, 2.75) is 76.9 Å². The quantitative estimate of drug-likeness (QED) is 0.814. The molecule has 2 fully saturated rings. The van der Waals surface area contributed by atoms with Crippen LogP contribution in [0.25, 0.3) is 0 Å². The number of carboxylic acid groups (broad SMARTS) is 1. The lowest BCUT2D eigenvalue weighted by atomic mass is 9.88. The highest BCUT2D eigenvalue weighted by molar-refractivity contribution is 5.83. The zero-order valence-electron chi connectivity index (χ0n) is 13.2. The lowest BCUT2D eigenvalue weighted by Gasteiger charge is -2.40. The van der Waals surface area contributed by atoms with Gasteiger partial charge in [-0.2, -0.15) is 0 Å². The van der Waals surface area contributed by atoms with Gasteiger partial charge in [0.2, 0.25) is 5.91 Å². The van der Waals surface area contributed by atoms with Gasteiger partial charge < -0.3 is 10.4 Å². The maximum Gasteiger partial charge on any atom is 0.320 e. The van der Waals surface area contributed by atoms with Crippen LogP contribution in [0, 0.1) is 5.92 Å². The van der Waals surface area contributed by atoms with Gasteiger partial charge in [-0.25, -0.2) is 0 Å². The monoisotopic (exact) mass is 296 g/mol. The fourth-order valence-electron chi connectivity index (χ4n) is 3.68. The number of carboxylic acids is 1. The van der Waals surface area contributed by atoms with Gasteiger partial charge in [0, 0.05) is 12.6 Å². The van der Waals surface area contributed by atoms with Crippen molar-refractivity contribution < 1.29 is 14.7 Å². The molecule has 2 rings (SSSR count). The van der Waals surface area contributed by atoms with Gasteiger partial charge in [0.15, 0.2) is 0 Å². The lowest BCUT2D eigenvalue weighted by molar-refractivity contribution is -0.148. The molecule has 2 aliphatic rings. The van der Waals surface area contributed by atoms with E-state index in [2.05, 4.69) is 12.2 Å². The Balaban J connectivity index is 1.96. The number of piperidine rings is 1. The number of hydrogen-bond acceptors (Lipinski definition) is 3. The summed E-state index contributed by atoms with van der Waals surface area (Å²) in [6.07, 6.45) is 7.13. The first-order chi connectivity index (χ1) is 10.0. The SMILES string of the molecule is CCC1CCN(C(C)C(=O)NC2CCCC2)C(C(=O)O)C1. The molecule has 5 nitrogen and oxygen atoms in total. The Kier molecular flexibility index (Phi) is 5.62. The maximum atomic E-state index is 12.4. The summed E-state index contributed by atoms with van der Waals surface area (Å²) < 4.78 is 0. The van der Waals surface area contributed by atoms with Crippen LogP contribution < -0.4 is 5.32 Å². The predicted molar refractivity (Wildman–Crippen MR) is 81.0 cm³/mol. The van der Waals surface area contributed by atoms with Gasteiger partial charge in [0.25, 0.3) is 0 Å². The Morgan fingerprint density at radius 3 is 2.52 bits per heavy atom. The third kappa shape index (κ3) is 3.96. The van der Waals surface area contributed by atoms with Crippen LogP contribution in [0.15, 0.2) is 0 Å². The van der Waals surface area contributed by atoms with Crippen LogP contribution in [0.4, 0.5) is 0 Å². The number of likely N-dealkylation sites (tertiary alicyclic amines) is 1. The van der Waals surface area contributed by atoms with Crippen LogP contribution in [-0.2, 0) is 9.59 Å². The van der Waals surface area contributed by atoms with E-state index in [0.29, 0.717) is 18.9 Å². The third-order valence-electron chi connectivity index (χ3n) is 5.19. The molecule has 1 aliphatic carbocycles. The molecule has 0 radical (unpaired) electrons. The number of rotatable bonds is 5. The summed E-state index contributed by atoms with van der Waals surface area (Å²) >= 11 is 0. The molecule has 2 N–H and O–H groups in total. The molecule has 0 aromatic carbocycles. The van der Waals surface area contributed by atoms with Crippen LogP contribution in [0.5, 0.6) is 0 Å². The van der Waals surface area contributed by atoms with Gasteiger partial charge in [0.05, 0.1) is 6.04 Å². The van der Waals surface area contributed by atoms with E-state index in [-0.39, 0.29) is 18.0 Å². The largest absolute Gasteiger partial charge is 0.480 e. The Morgan fingerprint density at radius 1 is 1.29 bits per heavy atom. The number of amides is 1. The van der Waals surface area contributed by atoms with Crippen LogP contribution in [0.1, 0.15) is 58.8 Å². The second-order valence-electron chi connectivity index (χ2n) is 6.56. The molecule has 3 unspecified atom stereocenters. The van der Waals surface area contributed by atoms with E-state index >= 15 is 0 Å². The molecule has 21 heavy (non-hydrogen) atoms. The van der Waals surface area contributed by atoms with Gasteiger partial charge in [-0.1, -0.05) is 26.2 Å². The van der Waals surface area contributed by atoms with Crippen molar-refractivity contribution in [3.05, 3.63) is 0 Å². The van der Waals surface area contributed by atoms with Crippen molar-refractivity contribution in [2.75, 3.05) is 6.54 Å². The highest BCUT2D eigenvalue weighted by Crippen LogP contribution is 2.27. The normalized spacial score (nSPS) is 29.2. The van der Waals surface area contributed by atoms with Crippen LogP contribution in [-0.4, -0.2) is 46.6 Å². The minimum atomic E-state index is -0.798. The van der Waals surface area contributed by atoms with Crippen LogP contribution >= 0.6 is 0 Å². The highest BCUT2D eigenvalue weighted by atomic mass is 16.4. The summed E-state index contributed by atoms with van der Waals surface area (Å²) in [5.41, 5.74) is 0. The van der Waals surface area contributed by atoms with Crippen molar-refractivity contribution >= 4 is 11.9 Å². The molecule has 1 heterocycles. The van der Waals surface area contributed by atoms with Crippen LogP contribution in [0.3, 0.4) is 0 Å². The molecule has 1 amide bonds. The second-order valence-corrected chi connectivity index (χ2v) is 6.56. The fraction of sp³-hybridized carbons (Fsp3) is 0.875. The average molecular weight is 296 g/mol. The van der Waals surface area contributed by atoms with Crippen molar-refractivity contribution in [3.63, 3.8) is 0 Å². The Morgan fingerprint density at radius 2 is 1.95 bits per heavy atom. The van der Waals surface area contributed by atoms with E-state index in [1.807, 2.05) is 11.8 Å². The van der Waals surface area contributed by atoms with Gasteiger partial charge >= 0.3 is 5.97 Å². The number of carbonyl (C=O) groups excluding carboxylic acids is 1. The molecule has 1 aliphatic heterocycles. The molecule has 0 aromatic rings. The standard InChI is InChI=1S/C16H28N2O3/c1-3-12-8-9-18(14(10-12)16(20)21)11(2)15(19)17-13-6-4-5-7-13/h11-14H,3-10H2,1-2H3,(H,17,19)(H,20,21). The summed E-state index contributed by atoms with van der Waals surface area (Å²) in [6, 6.07) is -0.589. The summed E-state index contributed by atoms with van der Waals surface area (Å²) in [4.78, 5) is 25.8. The van der Waals surface area contributed by atoms with E-state index < -0.39 is 12.0 Å². The van der Waals surface area contributed by atoms with E-state index in [0.717, 1.165) is 25.7 Å². The van der Waals surface area contributed by atoms with Crippen molar-refractivity contribution in [1.82, 2.24) is 10.2 Å². The van der Waals surface area contributed by atoms with Gasteiger partial charge in [-0.15, -0.1) is 0 Å². The molecular weight excluding hydrogens is 268 g/mol. The summed E-state index contributed by atoms with van der Waals surface area (Å²) in [6.45, 7) is 4.65. The first kappa shape index (κ1) is 16.3. The molecule has 120 valence electrons. The van der Waals surface area contributed by atoms with Gasteiger partial charge in [0.1, 0.15) is 6.04 Å². The van der Waals surface area contributed by atoms with Crippen molar-refractivity contribution in [3.8, 4) is 0 Å². The number of carbonyl (C=O) groups is 2. The zero-order chi connectivity index (χ0) is 15.4. The van der Waals surface area contributed by atoms with Gasteiger partial charge in [-0.3, -0.25) is 14.5 Å². The third-order valence-corrected chi connectivity index (χ3v) is 5.19. The maximum absolute atomic E-state index is 12.4. The van der Waals surface area contributed by atoms with E-state index in [1.54, 1.807) is 0 Å². The minimum Gasteiger partial charge on any atom is -0.480 e. The average Bonchev–Trinajstić information content (AvgIpc) is 2.98. The second kappa shape index (κ2) is 7.25. The van der Waals surface area contributed by atoms with Crippen LogP contribution in [0.2, 0.25) is 0 Å². The number of aliphatic carboxylic acids is 1. The highest BCUT2D eigenvalue weighted by Gasteiger charge is 2.37. The van der Waals surface area contributed by atoms with E-state index in [1.165, 1.54) is 12.8 Å². The topological polar surface area (TPSA) is 69.6 Å². The Labute approximate surface area is 127 Å². The lowest BCUT2D eigenvalue weighted by Crippen LogP contribution is -2.56. The summed E-state index contributed by atoms with van der Waals surface area (Å²) in [7, 11) is 0. The minimum absolute atomic E-state index is 0.0110. The van der Waals surface area contributed by atoms with E-state index in [9.17, 15) is 14.7 Å². The zero-order valence-corrected chi connectivity index (χ0v) is 13.2. The smallest absolute Gasteiger partial charge is 0.320 e. The first-order valence-corrected chi connectivity index (χ1v) is 8.31. The molecule has 0 aromatic heterocycles. The summed E-state index contributed by atoms with van der Waals surface area (Å²) in [5, 5.41) is 12.6. The molecule has 3 atom stereocenters. The first-order valence-electron chi connectivity index (χ1n) is 8.31. The Bertz CT molecular complexity index is 380. The molecule has 5 heteroatoms. The number of nitrogens with zero attached hydrogens (tertiary/aromatic N) is 1. The van der Waals surface area contributed by atoms with E-state index in [4.69, 9.17) is 0 Å². The molecule has 0 spiro atoms. The van der Waals surface area contributed by atoms with Crippen molar-refractivity contribution in [1.29, 1.82) is 0 Å². The van der Waals surface area contributed by atoms with Gasteiger partial charge in [-0.05, 0) is 38.5 Å². The Hall–Kier alpha value is -1.10. The predicted octanol–water partition coefficient (Wildman–Crippen LogP) is 2.01. The molecule has 1 saturated carbocycles. The molecular formula is C16H28N2O3. The molecule has 1 saturated heterocycles. The number of nitrogens with one attached hydrogen (secondary N) is 1.